The molecule has 0 saturated carbocycles. The van der Waals surface area contributed by atoms with Crippen molar-refractivity contribution in [1.82, 2.24) is 4.90 Å². The second-order valence-electron chi connectivity index (χ2n) is 8.67. The molecule has 0 unspecified atom stereocenters. The van der Waals surface area contributed by atoms with Crippen LogP contribution in [0.2, 0.25) is 5.02 Å². The van der Waals surface area contributed by atoms with E-state index in [1.165, 1.54) is 0 Å². The molecule has 1 N–H and O–H groups in total. The Morgan fingerprint density at radius 3 is 2.83 bits per heavy atom. The van der Waals surface area contributed by atoms with Crippen molar-refractivity contribution < 1.29 is 19.4 Å². The lowest BCUT2D eigenvalue weighted by atomic mass is 9.70. The molecule has 5 rings (SSSR count). The lowest BCUT2D eigenvalue weighted by Gasteiger charge is -2.53. The lowest BCUT2D eigenvalue weighted by molar-refractivity contribution is -0.150. The fourth-order valence-corrected chi connectivity index (χ4v) is 5.56. The summed E-state index contributed by atoms with van der Waals surface area (Å²) < 4.78 is 12.9. The van der Waals surface area contributed by atoms with Crippen LogP contribution in [0.5, 0.6) is 5.75 Å². The number of likely N-dealkylation sites (tertiary alicyclic amines) is 1. The summed E-state index contributed by atoms with van der Waals surface area (Å²) in [7, 11) is 0. The predicted octanol–water partition coefficient (Wildman–Crippen LogP) is 4.93. The van der Waals surface area contributed by atoms with Crippen LogP contribution in [0.25, 0.3) is 0 Å². The van der Waals surface area contributed by atoms with Crippen molar-refractivity contribution in [2.45, 2.75) is 43.9 Å². The summed E-state index contributed by atoms with van der Waals surface area (Å²) in [5, 5.41) is 9.96. The zero-order valence-corrected chi connectivity index (χ0v) is 17.6. The Bertz CT molecular complexity index is 954. The van der Waals surface area contributed by atoms with E-state index >= 15 is 0 Å². The van der Waals surface area contributed by atoms with Gasteiger partial charge in [0.15, 0.2) is 0 Å². The SMILES string of the molecule is O=C(O)c1cccc(CN2CCC3(CC2)Oc2ccc(Cl)cc2[C@H]2OCCC[C@@H]23)c1. The third kappa shape index (κ3) is 3.59. The van der Waals surface area contributed by atoms with Gasteiger partial charge in [-0.1, -0.05) is 23.7 Å². The van der Waals surface area contributed by atoms with E-state index in [-0.39, 0.29) is 11.7 Å². The van der Waals surface area contributed by atoms with Gasteiger partial charge in [-0.25, -0.2) is 4.79 Å². The molecule has 158 valence electrons. The molecule has 3 heterocycles. The van der Waals surface area contributed by atoms with E-state index in [9.17, 15) is 9.90 Å². The zero-order valence-electron chi connectivity index (χ0n) is 16.9. The molecular weight excluding hydrogens is 402 g/mol. The minimum atomic E-state index is -0.882. The van der Waals surface area contributed by atoms with Crippen LogP contribution in [0.1, 0.15) is 53.3 Å². The fourth-order valence-electron chi connectivity index (χ4n) is 5.38. The van der Waals surface area contributed by atoms with Crippen molar-refractivity contribution in [3.8, 4) is 5.75 Å². The minimum absolute atomic E-state index is 0.0556. The van der Waals surface area contributed by atoms with Crippen LogP contribution >= 0.6 is 11.6 Å². The Balaban J connectivity index is 1.34. The van der Waals surface area contributed by atoms with Gasteiger partial charge in [0.05, 0.1) is 11.7 Å². The third-order valence-electron chi connectivity index (χ3n) is 6.87. The molecule has 2 saturated heterocycles. The number of nitrogens with zero attached hydrogens (tertiary/aromatic N) is 1. The number of carboxylic acids is 1. The van der Waals surface area contributed by atoms with Gasteiger partial charge < -0.3 is 14.6 Å². The number of ether oxygens (including phenoxy) is 2. The molecular formula is C24H26ClNO4. The number of benzene rings is 2. The zero-order chi connectivity index (χ0) is 20.7. The number of fused-ring (bicyclic) bond motifs is 4. The van der Waals surface area contributed by atoms with Crippen LogP contribution in [0.3, 0.4) is 0 Å². The summed E-state index contributed by atoms with van der Waals surface area (Å²) in [5.74, 6) is 0.368. The number of carbonyl (C=O) groups is 1. The molecule has 5 nitrogen and oxygen atoms in total. The van der Waals surface area contributed by atoms with E-state index in [1.807, 2.05) is 30.3 Å². The minimum Gasteiger partial charge on any atom is -0.486 e. The third-order valence-corrected chi connectivity index (χ3v) is 7.11. The standard InChI is InChI=1S/C24H26ClNO4/c25-18-6-7-21-19(14-18)22-20(5-2-12-29-22)24(30-21)8-10-26(11-9-24)15-16-3-1-4-17(13-16)23(27)28/h1,3-4,6-7,13-14,20,22H,2,5,8-12,15H2,(H,27,28)/t20-,22+/m0/s1. The van der Waals surface area contributed by atoms with Gasteiger partial charge in [-0.2, -0.15) is 0 Å². The number of piperidine rings is 1. The Hall–Kier alpha value is -2.08. The molecule has 1 spiro atoms. The predicted molar refractivity (Wildman–Crippen MR) is 114 cm³/mol. The molecule has 2 aromatic rings. The number of halogens is 1. The van der Waals surface area contributed by atoms with Crippen molar-refractivity contribution >= 4 is 17.6 Å². The Morgan fingerprint density at radius 1 is 1.20 bits per heavy atom. The van der Waals surface area contributed by atoms with Gasteiger partial charge in [0.2, 0.25) is 0 Å². The van der Waals surface area contributed by atoms with Crippen LogP contribution < -0.4 is 4.74 Å². The smallest absolute Gasteiger partial charge is 0.335 e. The number of carboxylic acid groups (broad SMARTS) is 1. The molecule has 0 aliphatic carbocycles. The monoisotopic (exact) mass is 427 g/mol. The van der Waals surface area contributed by atoms with Crippen LogP contribution in [-0.2, 0) is 11.3 Å². The molecule has 0 bridgehead atoms. The van der Waals surface area contributed by atoms with Gasteiger partial charge in [-0.3, -0.25) is 4.90 Å². The van der Waals surface area contributed by atoms with E-state index in [0.29, 0.717) is 11.5 Å². The highest BCUT2D eigenvalue weighted by atomic mass is 35.5. The summed E-state index contributed by atoms with van der Waals surface area (Å²) >= 11 is 6.26. The van der Waals surface area contributed by atoms with Crippen molar-refractivity contribution in [3.63, 3.8) is 0 Å². The number of aromatic carboxylic acids is 1. The lowest BCUT2D eigenvalue weighted by Crippen LogP contribution is -2.57. The molecule has 0 amide bonds. The molecule has 3 aliphatic heterocycles. The van der Waals surface area contributed by atoms with Crippen molar-refractivity contribution in [2.75, 3.05) is 19.7 Å². The van der Waals surface area contributed by atoms with E-state index < -0.39 is 5.97 Å². The first-order valence-corrected chi connectivity index (χ1v) is 11.1. The maximum atomic E-state index is 11.3. The van der Waals surface area contributed by atoms with Crippen LogP contribution in [0.4, 0.5) is 0 Å². The number of rotatable bonds is 3. The van der Waals surface area contributed by atoms with Gasteiger partial charge in [0, 0.05) is 55.6 Å². The van der Waals surface area contributed by atoms with Crippen LogP contribution in [-0.4, -0.2) is 41.3 Å². The summed E-state index contributed by atoms with van der Waals surface area (Å²) in [6.45, 7) is 3.39. The summed E-state index contributed by atoms with van der Waals surface area (Å²) in [4.78, 5) is 13.6. The van der Waals surface area contributed by atoms with Gasteiger partial charge in [-0.15, -0.1) is 0 Å². The van der Waals surface area contributed by atoms with Gasteiger partial charge in [0.1, 0.15) is 11.4 Å². The normalized spacial score (nSPS) is 25.2. The van der Waals surface area contributed by atoms with Crippen LogP contribution in [0.15, 0.2) is 42.5 Å². The maximum Gasteiger partial charge on any atom is 0.335 e. The quantitative estimate of drug-likeness (QED) is 0.752. The van der Waals surface area contributed by atoms with E-state index in [2.05, 4.69) is 4.90 Å². The van der Waals surface area contributed by atoms with Crippen molar-refractivity contribution in [1.29, 1.82) is 0 Å². The van der Waals surface area contributed by atoms with E-state index in [0.717, 1.165) is 73.8 Å². The average molecular weight is 428 g/mol. The first kappa shape index (κ1) is 19.9. The second-order valence-corrected chi connectivity index (χ2v) is 9.11. The fraction of sp³-hybridized carbons (Fsp3) is 0.458. The first-order valence-electron chi connectivity index (χ1n) is 10.7. The summed E-state index contributed by atoms with van der Waals surface area (Å²) in [5.41, 5.74) is 2.26. The highest BCUT2D eigenvalue weighted by Crippen LogP contribution is 2.53. The van der Waals surface area contributed by atoms with Gasteiger partial charge in [0.25, 0.3) is 0 Å². The average Bonchev–Trinajstić information content (AvgIpc) is 2.76. The highest BCUT2D eigenvalue weighted by molar-refractivity contribution is 6.30. The highest BCUT2D eigenvalue weighted by Gasteiger charge is 2.52. The van der Waals surface area contributed by atoms with Gasteiger partial charge >= 0.3 is 5.97 Å². The Kier molecular flexibility index (Phi) is 5.21. The Morgan fingerprint density at radius 2 is 2.03 bits per heavy atom. The first-order chi connectivity index (χ1) is 14.5. The molecule has 2 atom stereocenters. The molecule has 2 fully saturated rings. The molecule has 6 heteroatoms. The maximum absolute atomic E-state index is 11.3. The number of hydrogen-bond acceptors (Lipinski definition) is 4. The molecule has 2 aromatic carbocycles. The number of hydrogen-bond donors (Lipinski definition) is 1. The topological polar surface area (TPSA) is 59.0 Å². The van der Waals surface area contributed by atoms with Crippen LogP contribution in [0, 0.1) is 5.92 Å². The summed E-state index contributed by atoms with van der Waals surface area (Å²) in [6.07, 6.45) is 4.11. The van der Waals surface area contributed by atoms with E-state index in [1.54, 1.807) is 12.1 Å². The Labute approximate surface area is 181 Å². The summed E-state index contributed by atoms with van der Waals surface area (Å²) in [6, 6.07) is 13.1. The second kappa shape index (κ2) is 7.88. The van der Waals surface area contributed by atoms with Crippen molar-refractivity contribution in [3.05, 3.63) is 64.2 Å². The molecule has 30 heavy (non-hydrogen) atoms. The van der Waals surface area contributed by atoms with Gasteiger partial charge in [-0.05, 0) is 48.7 Å². The molecule has 0 aromatic heterocycles. The van der Waals surface area contributed by atoms with Crippen molar-refractivity contribution in [2.24, 2.45) is 5.92 Å². The molecule has 3 aliphatic rings. The molecule has 0 radical (unpaired) electrons. The largest absolute Gasteiger partial charge is 0.486 e. The van der Waals surface area contributed by atoms with E-state index in [4.69, 9.17) is 21.1 Å².